The molecule has 0 unspecified atom stereocenters. The van der Waals surface area contributed by atoms with Gasteiger partial charge in [-0.25, -0.2) is 4.98 Å². The van der Waals surface area contributed by atoms with Crippen molar-refractivity contribution in [1.82, 2.24) is 24.6 Å². The van der Waals surface area contributed by atoms with Gasteiger partial charge in [-0.1, -0.05) is 13.8 Å². The molecule has 10 nitrogen and oxygen atoms in total. The first kappa shape index (κ1) is 32.4. The predicted octanol–water partition coefficient (Wildman–Crippen LogP) is 5.25. The lowest BCUT2D eigenvalue weighted by Gasteiger charge is -2.27. The molecule has 3 atom stereocenters. The highest BCUT2D eigenvalue weighted by Gasteiger charge is 2.33. The van der Waals surface area contributed by atoms with E-state index in [1.165, 1.54) is 0 Å². The second-order valence-electron chi connectivity index (χ2n) is 12.9. The second-order valence-corrected chi connectivity index (χ2v) is 14.8. The summed E-state index contributed by atoms with van der Waals surface area (Å²) in [6, 6.07) is 10.4. The molecule has 3 aromatic heterocycles. The molecule has 4 aromatic rings. The van der Waals surface area contributed by atoms with Crippen LogP contribution >= 0.6 is 0 Å². The van der Waals surface area contributed by atoms with Gasteiger partial charge in [0.15, 0.2) is 21.3 Å². The highest BCUT2D eigenvalue weighted by Crippen LogP contribution is 2.42. The maximum absolute atomic E-state index is 13.4. The highest BCUT2D eigenvalue weighted by atomic mass is 28.2. The van der Waals surface area contributed by atoms with E-state index in [0.717, 1.165) is 45.5 Å². The van der Waals surface area contributed by atoms with Crippen LogP contribution in [0.5, 0.6) is 0 Å². The van der Waals surface area contributed by atoms with Crippen LogP contribution in [0.4, 0.5) is 0 Å². The molecule has 12 heteroatoms. The van der Waals surface area contributed by atoms with E-state index in [2.05, 4.69) is 69.9 Å². The van der Waals surface area contributed by atoms with Gasteiger partial charge in [0.25, 0.3) is 0 Å². The number of ether oxygens (including phenoxy) is 2. The number of nitrogens with zero attached hydrogens (tertiary/aromatic N) is 4. The third kappa shape index (κ3) is 6.35. The molecule has 1 amide bonds. The zero-order chi connectivity index (χ0) is 32.6. The predicted molar refractivity (Wildman–Crippen MR) is 177 cm³/mol. The summed E-state index contributed by atoms with van der Waals surface area (Å²) in [6.45, 7) is 9.96. The Bertz CT molecular complexity index is 1750. The molecular weight excluding hydrogens is 615 g/mol. The van der Waals surface area contributed by atoms with E-state index in [1.54, 1.807) is 24.5 Å². The van der Waals surface area contributed by atoms with Gasteiger partial charge >= 0.3 is 5.97 Å². The van der Waals surface area contributed by atoms with E-state index in [9.17, 15) is 9.59 Å². The van der Waals surface area contributed by atoms with Crippen molar-refractivity contribution in [3.05, 3.63) is 59.9 Å². The fourth-order valence-electron chi connectivity index (χ4n) is 6.41. The molecule has 1 saturated heterocycles. The van der Waals surface area contributed by atoms with E-state index in [0.29, 0.717) is 43.9 Å². The monoisotopic (exact) mass is 654 g/mol. The molecule has 5 heterocycles. The van der Waals surface area contributed by atoms with Crippen LogP contribution in [0.3, 0.4) is 0 Å². The minimum absolute atomic E-state index is 0.0413. The van der Waals surface area contributed by atoms with Crippen LogP contribution < -0.4 is 5.09 Å². The van der Waals surface area contributed by atoms with Gasteiger partial charge in [0, 0.05) is 76.0 Å². The number of cyclic esters (lactones) is 1. The molecule has 0 saturated carbocycles. The van der Waals surface area contributed by atoms with Crippen molar-refractivity contribution in [2.24, 2.45) is 5.41 Å². The number of esters is 1. The second kappa shape index (κ2) is 13.3. The molecular formula is C34H40N5O5Si2. The molecule has 0 aliphatic carbocycles. The van der Waals surface area contributed by atoms with Gasteiger partial charge in [0.2, 0.25) is 5.91 Å². The fourth-order valence-corrected chi connectivity index (χ4v) is 7.82. The van der Waals surface area contributed by atoms with Gasteiger partial charge in [-0.15, -0.1) is 0 Å². The maximum Gasteiger partial charge on any atom is 0.307 e. The minimum atomic E-state index is -0.534. The Balaban J connectivity index is 1.52. The van der Waals surface area contributed by atoms with Crippen molar-refractivity contribution in [3.8, 4) is 22.6 Å². The van der Waals surface area contributed by atoms with Crippen LogP contribution in [-0.2, 0) is 38.4 Å². The number of hydrogen-bond acceptors (Lipinski definition) is 8. The van der Waals surface area contributed by atoms with E-state index in [-0.39, 0.29) is 39.8 Å². The standard InChI is InChI=1S/C34H40N5O5Si2/c1-6-38-25-12-11-21-15-23(25)24(31(38)22-9-7-13-35-30(22)20(2)42-5)17-34(3,4)19-43-33(41)28-10-8-14-39(37-46-28)32(40)27(45)16-29-36-18-26(21)44-29/h7,9,11-13,15,18,20,27-28,37H,6,8,10,14,16-17,19H2,1-5H3/t20-,27-,28-/m0/s1. The Labute approximate surface area is 275 Å². The molecule has 239 valence electrons. The number of carbonyl (C=O) groups is 2. The number of methoxy groups -OCH3 is 1. The molecule has 1 N–H and O–H groups in total. The first-order valence-corrected chi connectivity index (χ1v) is 17.5. The lowest BCUT2D eigenvalue weighted by Crippen LogP contribution is -2.47. The van der Waals surface area contributed by atoms with Gasteiger partial charge in [-0.2, -0.15) is 0 Å². The number of nitrogens with one attached hydrogen (secondary N) is 1. The van der Waals surface area contributed by atoms with Crippen molar-refractivity contribution in [1.29, 1.82) is 0 Å². The Hall–Kier alpha value is -3.59. The molecule has 1 aromatic carbocycles. The van der Waals surface area contributed by atoms with Gasteiger partial charge < -0.3 is 18.5 Å². The van der Waals surface area contributed by atoms with E-state index >= 15 is 0 Å². The molecule has 46 heavy (non-hydrogen) atoms. The van der Waals surface area contributed by atoms with Crippen LogP contribution in [0.1, 0.15) is 63.8 Å². The Morgan fingerprint density at radius 3 is 2.85 bits per heavy atom. The number of oxazole rings is 1. The number of aryl methyl sites for hydroxylation is 1. The number of benzene rings is 1. The number of amides is 1. The number of aromatic nitrogens is 3. The lowest BCUT2D eigenvalue weighted by atomic mass is 9.84. The van der Waals surface area contributed by atoms with Crippen molar-refractivity contribution in [3.63, 3.8) is 0 Å². The topological polar surface area (TPSA) is 112 Å². The van der Waals surface area contributed by atoms with Gasteiger partial charge in [0.05, 0.1) is 35.8 Å². The van der Waals surface area contributed by atoms with Gasteiger partial charge in [-0.05, 0) is 69.0 Å². The normalized spacial score (nSPS) is 21.5. The van der Waals surface area contributed by atoms with Crippen molar-refractivity contribution in [2.45, 2.75) is 77.1 Å². The quantitative estimate of drug-likeness (QED) is 0.235. The molecule has 6 rings (SSSR count). The number of carbonyl (C=O) groups excluding carboxylic acids is 2. The molecule has 6 bridgehead atoms. The summed E-state index contributed by atoms with van der Waals surface area (Å²) in [4.78, 5) is 36.0. The number of rotatable bonds is 4. The number of pyridine rings is 1. The minimum Gasteiger partial charge on any atom is -0.465 e. The zero-order valence-electron chi connectivity index (χ0n) is 27.1. The average Bonchev–Trinajstić information content (AvgIpc) is 3.54. The first-order valence-electron chi connectivity index (χ1n) is 15.9. The van der Waals surface area contributed by atoms with Crippen LogP contribution in [-0.4, -0.2) is 71.6 Å². The number of hydrogen-bond donors (Lipinski definition) is 1. The maximum atomic E-state index is 13.4. The smallest absolute Gasteiger partial charge is 0.307 e. The Morgan fingerprint density at radius 1 is 1.24 bits per heavy atom. The summed E-state index contributed by atoms with van der Waals surface area (Å²) in [5.74, 6) is 0.768. The van der Waals surface area contributed by atoms with Crippen molar-refractivity contribution in [2.75, 3.05) is 20.3 Å². The SMILES string of the molecule is CCn1c(-c2cccnc2[C@H](C)OC)c2c3cc(ccc31)-c1cnc(o1)C[C@H]([Si])C(=O)N1CCC[C@H]([Si]N1)C(=O)OCC(C)(C)C2. The Morgan fingerprint density at radius 2 is 2.07 bits per heavy atom. The lowest BCUT2D eigenvalue weighted by molar-refractivity contribution is -0.146. The molecule has 5 radical (unpaired) electrons. The summed E-state index contributed by atoms with van der Waals surface area (Å²) in [6.07, 6.45) is 5.63. The van der Waals surface area contributed by atoms with E-state index in [4.69, 9.17) is 18.9 Å². The molecule has 1 fully saturated rings. The summed E-state index contributed by atoms with van der Waals surface area (Å²) in [7, 11) is 5.37. The molecule has 2 aliphatic heterocycles. The summed E-state index contributed by atoms with van der Waals surface area (Å²) in [5.41, 5.74) is 4.86. The Kier molecular flexibility index (Phi) is 9.33. The molecule has 0 spiro atoms. The van der Waals surface area contributed by atoms with Gasteiger partial charge in [0.1, 0.15) is 0 Å². The third-order valence-electron chi connectivity index (χ3n) is 8.89. The van der Waals surface area contributed by atoms with E-state index < -0.39 is 11.0 Å². The summed E-state index contributed by atoms with van der Waals surface area (Å²) < 4.78 is 20.4. The van der Waals surface area contributed by atoms with Crippen LogP contribution in [0.25, 0.3) is 33.5 Å². The third-order valence-corrected chi connectivity index (χ3v) is 10.6. The largest absolute Gasteiger partial charge is 0.465 e. The van der Waals surface area contributed by atoms with Crippen LogP contribution in [0.2, 0.25) is 11.1 Å². The first-order chi connectivity index (χ1) is 22.1. The number of hydrazine groups is 1. The number of fused-ring (bicyclic) bond motifs is 7. The van der Waals surface area contributed by atoms with E-state index in [1.807, 2.05) is 13.0 Å². The van der Waals surface area contributed by atoms with Crippen molar-refractivity contribution < 1.29 is 23.5 Å². The summed E-state index contributed by atoms with van der Waals surface area (Å²) >= 11 is 0. The average molecular weight is 655 g/mol. The highest BCUT2D eigenvalue weighted by molar-refractivity contribution is 6.41. The van der Waals surface area contributed by atoms with Crippen LogP contribution in [0, 0.1) is 5.41 Å². The summed E-state index contributed by atoms with van der Waals surface area (Å²) in [5, 5.41) is 5.91. The molecule has 2 aliphatic rings. The zero-order valence-corrected chi connectivity index (χ0v) is 29.1. The van der Waals surface area contributed by atoms with Crippen molar-refractivity contribution >= 4 is 42.7 Å². The van der Waals surface area contributed by atoms with Crippen LogP contribution in [0.15, 0.2) is 47.1 Å². The fraction of sp³-hybridized carbons (Fsp3) is 0.471. The van der Waals surface area contributed by atoms with Gasteiger partial charge in [-0.3, -0.25) is 24.7 Å².